The van der Waals surface area contributed by atoms with Gasteiger partial charge in [-0.15, -0.1) is 0 Å². The van der Waals surface area contributed by atoms with Gasteiger partial charge >= 0.3 is 0 Å². The van der Waals surface area contributed by atoms with Crippen LogP contribution in [0.25, 0.3) is 0 Å². The van der Waals surface area contributed by atoms with E-state index in [1.807, 2.05) is 31.2 Å². The van der Waals surface area contributed by atoms with Gasteiger partial charge in [-0.05, 0) is 31.2 Å². The van der Waals surface area contributed by atoms with E-state index in [1.54, 1.807) is 0 Å². The van der Waals surface area contributed by atoms with Gasteiger partial charge in [0, 0.05) is 25.2 Å². The average molecular weight is 309 g/mol. The first-order valence-corrected chi connectivity index (χ1v) is 8.18. The zero-order valence-electron chi connectivity index (χ0n) is 12.4. The quantitative estimate of drug-likeness (QED) is 0.604. The Morgan fingerprint density at radius 1 is 1.19 bits per heavy atom. The second-order valence-electron chi connectivity index (χ2n) is 4.71. The third-order valence-corrected chi connectivity index (χ3v) is 3.77. The van der Waals surface area contributed by atoms with Crippen LogP contribution in [0.3, 0.4) is 0 Å². The van der Waals surface area contributed by atoms with Crippen molar-refractivity contribution in [1.82, 2.24) is 5.32 Å². The first kappa shape index (κ1) is 17.5. The molecule has 0 saturated carbocycles. The first-order chi connectivity index (χ1) is 10.1. The summed E-state index contributed by atoms with van der Waals surface area (Å²) in [5.41, 5.74) is 7.27. The van der Waals surface area contributed by atoms with E-state index in [-0.39, 0.29) is 11.8 Å². The summed E-state index contributed by atoms with van der Waals surface area (Å²) in [4.78, 5) is 23.0. The molecular formula is C15H23N3O2S. The molecule has 116 valence electrons. The van der Waals surface area contributed by atoms with E-state index in [4.69, 9.17) is 5.73 Å². The van der Waals surface area contributed by atoms with Gasteiger partial charge in [-0.25, -0.2) is 0 Å². The zero-order chi connectivity index (χ0) is 15.5. The van der Waals surface area contributed by atoms with Crippen LogP contribution in [0.4, 0.5) is 5.69 Å². The van der Waals surface area contributed by atoms with Crippen LogP contribution in [0, 0.1) is 6.92 Å². The first-order valence-electron chi connectivity index (χ1n) is 7.03. The van der Waals surface area contributed by atoms with Crippen molar-refractivity contribution in [3.63, 3.8) is 0 Å². The number of hydrogen-bond donors (Lipinski definition) is 3. The number of anilines is 1. The summed E-state index contributed by atoms with van der Waals surface area (Å²) in [5.74, 6) is 1.19. The molecule has 0 bridgehead atoms. The second-order valence-corrected chi connectivity index (χ2v) is 5.81. The number of aryl methyl sites for hydroxylation is 1. The number of rotatable bonds is 9. The van der Waals surface area contributed by atoms with Crippen molar-refractivity contribution in [1.29, 1.82) is 0 Å². The van der Waals surface area contributed by atoms with Crippen molar-refractivity contribution in [2.24, 2.45) is 5.73 Å². The lowest BCUT2D eigenvalue weighted by molar-refractivity contribution is -0.121. The van der Waals surface area contributed by atoms with Gasteiger partial charge in [0.2, 0.25) is 11.8 Å². The second kappa shape index (κ2) is 10.2. The van der Waals surface area contributed by atoms with E-state index < -0.39 is 0 Å². The predicted octanol–water partition coefficient (Wildman–Crippen LogP) is 1.52. The molecule has 21 heavy (non-hydrogen) atoms. The molecule has 0 unspecified atom stereocenters. The summed E-state index contributed by atoms with van der Waals surface area (Å²) in [6, 6.07) is 7.70. The largest absolute Gasteiger partial charge is 0.355 e. The van der Waals surface area contributed by atoms with Gasteiger partial charge < -0.3 is 16.4 Å². The van der Waals surface area contributed by atoms with Crippen molar-refractivity contribution >= 4 is 29.3 Å². The molecule has 0 spiro atoms. The van der Waals surface area contributed by atoms with Gasteiger partial charge in [0.05, 0.1) is 5.75 Å². The van der Waals surface area contributed by atoms with Crippen molar-refractivity contribution in [3.8, 4) is 0 Å². The van der Waals surface area contributed by atoms with Crippen LogP contribution in [-0.2, 0) is 9.59 Å². The molecule has 1 aromatic carbocycles. The predicted molar refractivity (Wildman–Crippen MR) is 88.4 cm³/mol. The summed E-state index contributed by atoms with van der Waals surface area (Å²) in [6.07, 6.45) is 1.24. The van der Waals surface area contributed by atoms with Crippen LogP contribution in [-0.4, -0.2) is 36.4 Å². The maximum Gasteiger partial charge on any atom is 0.234 e. The van der Waals surface area contributed by atoms with Gasteiger partial charge in [-0.3, -0.25) is 9.59 Å². The van der Waals surface area contributed by atoms with Gasteiger partial charge in [-0.1, -0.05) is 17.7 Å². The van der Waals surface area contributed by atoms with Crippen molar-refractivity contribution in [2.75, 3.05) is 29.9 Å². The molecule has 0 aromatic heterocycles. The van der Waals surface area contributed by atoms with Gasteiger partial charge in [0.1, 0.15) is 0 Å². The normalized spacial score (nSPS) is 10.2. The molecule has 1 rings (SSSR count). The molecule has 0 fully saturated rings. The number of amides is 2. The SMILES string of the molecule is Cc1ccc(NC(=O)CSCCCC(=O)NCCN)cc1. The zero-order valence-corrected chi connectivity index (χ0v) is 13.2. The minimum atomic E-state index is -0.0172. The average Bonchev–Trinajstić information content (AvgIpc) is 2.47. The molecule has 2 amide bonds. The molecular weight excluding hydrogens is 286 g/mol. The molecule has 6 heteroatoms. The van der Waals surface area contributed by atoms with E-state index in [1.165, 1.54) is 11.8 Å². The number of hydrogen-bond acceptors (Lipinski definition) is 4. The Morgan fingerprint density at radius 3 is 2.57 bits per heavy atom. The maximum atomic E-state index is 11.7. The molecule has 0 aliphatic rings. The van der Waals surface area contributed by atoms with E-state index >= 15 is 0 Å². The van der Waals surface area contributed by atoms with Crippen LogP contribution in [0.1, 0.15) is 18.4 Å². The smallest absolute Gasteiger partial charge is 0.234 e. The standard InChI is InChI=1S/C15H23N3O2S/c1-12-4-6-13(7-5-12)18-15(20)11-21-10-2-3-14(19)17-9-8-16/h4-7H,2-3,8-11,16H2,1H3,(H,17,19)(H,18,20). The fourth-order valence-corrected chi connectivity index (χ4v) is 2.38. The lowest BCUT2D eigenvalue weighted by atomic mass is 10.2. The number of benzene rings is 1. The monoisotopic (exact) mass is 309 g/mol. The Balaban J connectivity index is 2.08. The summed E-state index contributed by atoms with van der Waals surface area (Å²) in [7, 11) is 0. The van der Waals surface area contributed by atoms with Crippen LogP contribution in [0.2, 0.25) is 0 Å². The topological polar surface area (TPSA) is 84.2 Å². The van der Waals surface area contributed by atoms with Crippen molar-refractivity contribution in [2.45, 2.75) is 19.8 Å². The van der Waals surface area contributed by atoms with E-state index in [9.17, 15) is 9.59 Å². The summed E-state index contributed by atoms with van der Waals surface area (Å²) < 4.78 is 0. The third kappa shape index (κ3) is 8.37. The number of thioether (sulfide) groups is 1. The molecule has 0 saturated heterocycles. The Kier molecular flexibility index (Phi) is 8.54. The molecule has 0 atom stereocenters. The Bertz CT molecular complexity index is 449. The summed E-state index contributed by atoms with van der Waals surface area (Å²) in [5, 5.41) is 5.56. The van der Waals surface area contributed by atoms with E-state index in [0.29, 0.717) is 25.3 Å². The third-order valence-electron chi connectivity index (χ3n) is 2.73. The molecule has 0 heterocycles. The number of nitrogens with one attached hydrogen (secondary N) is 2. The highest BCUT2D eigenvalue weighted by molar-refractivity contribution is 7.99. The Morgan fingerprint density at radius 2 is 1.90 bits per heavy atom. The summed E-state index contributed by atoms with van der Waals surface area (Å²) in [6.45, 7) is 2.98. The highest BCUT2D eigenvalue weighted by Gasteiger charge is 2.04. The number of nitrogens with two attached hydrogens (primary N) is 1. The Labute approximate surface area is 130 Å². The number of carbonyl (C=O) groups is 2. The lowest BCUT2D eigenvalue weighted by Crippen LogP contribution is -2.28. The lowest BCUT2D eigenvalue weighted by Gasteiger charge is -2.06. The van der Waals surface area contributed by atoms with Crippen LogP contribution in [0.5, 0.6) is 0 Å². The maximum absolute atomic E-state index is 11.7. The van der Waals surface area contributed by atoms with E-state index in [2.05, 4.69) is 10.6 Å². The Hall–Kier alpha value is -1.53. The minimum Gasteiger partial charge on any atom is -0.355 e. The van der Waals surface area contributed by atoms with Gasteiger partial charge in [-0.2, -0.15) is 11.8 Å². The summed E-state index contributed by atoms with van der Waals surface area (Å²) >= 11 is 1.53. The minimum absolute atomic E-state index is 0.0172. The fraction of sp³-hybridized carbons (Fsp3) is 0.467. The van der Waals surface area contributed by atoms with Gasteiger partial charge in [0.25, 0.3) is 0 Å². The molecule has 5 nitrogen and oxygen atoms in total. The van der Waals surface area contributed by atoms with Crippen LogP contribution >= 0.6 is 11.8 Å². The molecule has 0 radical (unpaired) electrons. The fourth-order valence-electron chi connectivity index (χ4n) is 1.63. The molecule has 1 aromatic rings. The van der Waals surface area contributed by atoms with Crippen LogP contribution < -0.4 is 16.4 Å². The van der Waals surface area contributed by atoms with E-state index in [0.717, 1.165) is 23.4 Å². The van der Waals surface area contributed by atoms with Gasteiger partial charge in [0.15, 0.2) is 0 Å². The van der Waals surface area contributed by atoms with Crippen molar-refractivity contribution in [3.05, 3.63) is 29.8 Å². The number of carbonyl (C=O) groups excluding carboxylic acids is 2. The molecule has 0 aliphatic heterocycles. The van der Waals surface area contributed by atoms with Crippen molar-refractivity contribution < 1.29 is 9.59 Å². The molecule has 4 N–H and O–H groups in total. The van der Waals surface area contributed by atoms with Crippen LogP contribution in [0.15, 0.2) is 24.3 Å². The molecule has 0 aliphatic carbocycles. The highest BCUT2D eigenvalue weighted by atomic mass is 32.2. The highest BCUT2D eigenvalue weighted by Crippen LogP contribution is 2.10.